The number of aromatic nitrogens is 1. The molecule has 1 fully saturated rings. The molecule has 0 spiro atoms. The zero-order chi connectivity index (χ0) is 22.7. The molecule has 5 nitrogen and oxygen atoms in total. The Morgan fingerprint density at radius 1 is 1.00 bits per heavy atom. The molecule has 2 aromatic carbocycles. The molecule has 1 N–H and O–H groups in total. The first kappa shape index (κ1) is 25.4. The summed E-state index contributed by atoms with van der Waals surface area (Å²) < 4.78 is 2.07. The van der Waals surface area contributed by atoms with E-state index in [9.17, 15) is 4.79 Å². The number of nitrogens with zero attached hydrogens (tertiary/aromatic N) is 3. The lowest BCUT2D eigenvalue weighted by atomic mass is 10.1. The molecule has 0 bridgehead atoms. The van der Waals surface area contributed by atoms with Crippen molar-refractivity contribution < 1.29 is 4.79 Å². The molecule has 8 heteroatoms. The van der Waals surface area contributed by atoms with Crippen molar-refractivity contribution in [2.45, 2.75) is 6.92 Å². The molecule has 1 saturated heterocycles. The van der Waals surface area contributed by atoms with Gasteiger partial charge >= 0.3 is 0 Å². The summed E-state index contributed by atoms with van der Waals surface area (Å²) in [6, 6.07) is 17.9. The van der Waals surface area contributed by atoms with Gasteiger partial charge in [-0.1, -0.05) is 59.6 Å². The van der Waals surface area contributed by atoms with Gasteiger partial charge in [0.25, 0.3) is 5.91 Å². The maximum absolute atomic E-state index is 12.8. The Morgan fingerprint density at radius 2 is 1.70 bits per heavy atom. The highest BCUT2D eigenvalue weighted by atomic mass is 35.5. The van der Waals surface area contributed by atoms with Gasteiger partial charge in [0, 0.05) is 57.7 Å². The van der Waals surface area contributed by atoms with Crippen molar-refractivity contribution in [2.75, 3.05) is 44.2 Å². The number of hydrogen-bond donors (Lipinski definition) is 1. The van der Waals surface area contributed by atoms with E-state index < -0.39 is 0 Å². The lowest BCUT2D eigenvalue weighted by Crippen LogP contribution is -2.48. The smallest absolute Gasteiger partial charge is 0.253 e. The van der Waals surface area contributed by atoms with Crippen molar-refractivity contribution >= 4 is 47.2 Å². The van der Waals surface area contributed by atoms with Crippen LogP contribution >= 0.6 is 35.6 Å². The monoisotopic (exact) mass is 506 g/mol. The van der Waals surface area contributed by atoms with Crippen molar-refractivity contribution in [1.82, 2.24) is 14.8 Å². The Balaban J connectivity index is 0.00000306. The molecule has 0 atom stereocenters. The van der Waals surface area contributed by atoms with Crippen LogP contribution in [-0.4, -0.2) is 54.6 Å². The predicted molar refractivity (Wildman–Crippen MR) is 140 cm³/mol. The van der Waals surface area contributed by atoms with Crippen molar-refractivity contribution in [2.24, 2.45) is 7.05 Å². The number of nitrogens with one attached hydrogen (secondary N) is 1. The van der Waals surface area contributed by atoms with Gasteiger partial charge in [-0.25, -0.2) is 0 Å². The summed E-state index contributed by atoms with van der Waals surface area (Å²) in [6.07, 6.45) is 0. The van der Waals surface area contributed by atoms with Crippen LogP contribution in [0.3, 0.4) is 0 Å². The normalized spacial score (nSPS) is 14.1. The Labute approximate surface area is 211 Å². The van der Waals surface area contributed by atoms with Gasteiger partial charge in [-0.05, 0) is 30.7 Å². The molecule has 176 valence electrons. The fraction of sp³-hybridized carbons (Fsp3) is 0.320. The number of hydrogen-bond acceptors (Lipinski definition) is 3. The number of anilines is 1. The lowest BCUT2D eigenvalue weighted by Gasteiger charge is -2.36. The van der Waals surface area contributed by atoms with Crippen molar-refractivity contribution in [3.05, 3.63) is 75.9 Å². The van der Waals surface area contributed by atoms with Gasteiger partial charge in [0.15, 0.2) is 0 Å². The molecule has 4 rings (SSSR count). The van der Waals surface area contributed by atoms with Crippen LogP contribution in [0.2, 0.25) is 10.0 Å². The van der Waals surface area contributed by atoms with E-state index >= 15 is 0 Å². The van der Waals surface area contributed by atoms with Gasteiger partial charge in [-0.2, -0.15) is 0 Å². The van der Waals surface area contributed by atoms with E-state index in [2.05, 4.69) is 31.8 Å². The van der Waals surface area contributed by atoms with Crippen LogP contribution in [0.5, 0.6) is 0 Å². The van der Waals surface area contributed by atoms with Crippen LogP contribution in [0.15, 0.2) is 54.6 Å². The Kier molecular flexibility index (Phi) is 8.71. The van der Waals surface area contributed by atoms with E-state index in [-0.39, 0.29) is 18.3 Å². The average Bonchev–Trinajstić information content (AvgIpc) is 3.11. The fourth-order valence-corrected chi connectivity index (χ4v) is 4.60. The van der Waals surface area contributed by atoms with E-state index in [1.54, 1.807) is 0 Å². The summed E-state index contributed by atoms with van der Waals surface area (Å²) in [4.78, 5) is 17.5. The minimum Gasteiger partial charge on any atom is -0.368 e. The first-order valence-corrected chi connectivity index (χ1v) is 11.6. The quantitative estimate of drug-likeness (QED) is 0.493. The van der Waals surface area contributed by atoms with Crippen LogP contribution in [0, 0.1) is 6.92 Å². The third-order valence-corrected chi connectivity index (χ3v) is 7.02. The zero-order valence-electron chi connectivity index (χ0n) is 18.9. The van der Waals surface area contributed by atoms with Gasteiger partial charge in [-0.3, -0.25) is 9.69 Å². The highest BCUT2D eigenvalue weighted by molar-refractivity contribution is 6.43. The molecular formula is C25H29Cl3N4O. The summed E-state index contributed by atoms with van der Waals surface area (Å²) in [5.41, 5.74) is 4.83. The number of carbonyl (C=O) groups is 1. The van der Waals surface area contributed by atoms with E-state index in [0.29, 0.717) is 16.6 Å². The lowest BCUT2D eigenvalue weighted by molar-refractivity contribution is 0.0947. The number of carbonyl (C=O) groups excluding carboxylic acids is 1. The second-order valence-corrected chi connectivity index (χ2v) is 8.90. The minimum atomic E-state index is -0.0235. The molecule has 1 aliphatic heterocycles. The number of benzene rings is 2. The molecule has 1 amide bonds. The molecule has 33 heavy (non-hydrogen) atoms. The van der Waals surface area contributed by atoms with Gasteiger partial charge < -0.3 is 14.8 Å². The van der Waals surface area contributed by atoms with Crippen LogP contribution in [0.25, 0.3) is 11.3 Å². The average molecular weight is 508 g/mol. The molecule has 0 radical (unpaired) electrons. The van der Waals surface area contributed by atoms with Gasteiger partial charge in [0.1, 0.15) is 0 Å². The summed E-state index contributed by atoms with van der Waals surface area (Å²) in [5, 5.41) is 4.29. The molecule has 0 unspecified atom stereocenters. The van der Waals surface area contributed by atoms with Crippen LogP contribution in [-0.2, 0) is 7.05 Å². The SMILES string of the molecule is Cc1c(C(=O)NCCN2CCN(c3cccc(Cl)c3Cl)CC2)cc(-c2ccccc2)n1C.Cl. The molecule has 1 aliphatic rings. The number of amides is 1. The largest absolute Gasteiger partial charge is 0.368 e. The molecule has 1 aromatic heterocycles. The zero-order valence-corrected chi connectivity index (χ0v) is 21.2. The van der Waals surface area contributed by atoms with Crippen molar-refractivity contribution in [1.29, 1.82) is 0 Å². The maximum atomic E-state index is 12.8. The van der Waals surface area contributed by atoms with Crippen LogP contribution in [0.4, 0.5) is 5.69 Å². The molecule has 0 saturated carbocycles. The van der Waals surface area contributed by atoms with Gasteiger partial charge in [0.2, 0.25) is 0 Å². The highest BCUT2D eigenvalue weighted by Gasteiger charge is 2.20. The second kappa shape index (κ2) is 11.3. The third kappa shape index (κ3) is 5.67. The van der Waals surface area contributed by atoms with Gasteiger partial charge in [-0.15, -0.1) is 12.4 Å². The van der Waals surface area contributed by atoms with Crippen LogP contribution in [0.1, 0.15) is 16.1 Å². The van der Waals surface area contributed by atoms with E-state index in [1.807, 2.05) is 56.4 Å². The van der Waals surface area contributed by atoms with E-state index in [1.165, 1.54) is 0 Å². The predicted octanol–water partition coefficient (Wildman–Crippen LogP) is 5.28. The van der Waals surface area contributed by atoms with Gasteiger partial charge in [0.05, 0.1) is 21.3 Å². The molecule has 2 heterocycles. The van der Waals surface area contributed by atoms with Crippen molar-refractivity contribution in [3.63, 3.8) is 0 Å². The minimum absolute atomic E-state index is 0. The topological polar surface area (TPSA) is 40.5 Å². The number of rotatable bonds is 6. The number of halogens is 3. The maximum Gasteiger partial charge on any atom is 0.253 e. The Bertz CT molecular complexity index is 1090. The van der Waals surface area contributed by atoms with E-state index in [4.69, 9.17) is 23.2 Å². The molecular weight excluding hydrogens is 479 g/mol. The summed E-state index contributed by atoms with van der Waals surface area (Å²) in [5.74, 6) is -0.0235. The van der Waals surface area contributed by atoms with Crippen LogP contribution < -0.4 is 10.2 Å². The summed E-state index contributed by atoms with van der Waals surface area (Å²) >= 11 is 12.5. The third-order valence-electron chi connectivity index (χ3n) is 6.21. The first-order valence-electron chi connectivity index (χ1n) is 10.9. The van der Waals surface area contributed by atoms with Crippen molar-refractivity contribution in [3.8, 4) is 11.3 Å². The first-order chi connectivity index (χ1) is 15.5. The summed E-state index contributed by atoms with van der Waals surface area (Å²) in [7, 11) is 2.00. The molecule has 0 aliphatic carbocycles. The Hall–Kier alpha value is -2.18. The Morgan fingerprint density at radius 3 is 2.39 bits per heavy atom. The second-order valence-electron chi connectivity index (χ2n) is 8.11. The number of piperazine rings is 1. The summed E-state index contributed by atoms with van der Waals surface area (Å²) in [6.45, 7) is 7.02. The highest BCUT2D eigenvalue weighted by Crippen LogP contribution is 2.32. The van der Waals surface area contributed by atoms with E-state index in [0.717, 1.165) is 60.9 Å². The molecule has 3 aromatic rings. The standard InChI is InChI=1S/C25H28Cl2N4O.ClH/c1-18-20(17-23(29(18)2)19-7-4-3-5-8-19)25(32)28-11-12-30-13-15-31(16-14-30)22-10-6-9-21(26)24(22)27;/h3-10,17H,11-16H2,1-2H3,(H,28,32);1H. The fourth-order valence-electron chi connectivity index (χ4n) is 4.19.